The van der Waals surface area contributed by atoms with E-state index in [1.807, 2.05) is 12.1 Å². The maximum atomic E-state index is 3.97. The van der Waals surface area contributed by atoms with Gasteiger partial charge in [-0.1, -0.05) is 6.08 Å². The van der Waals surface area contributed by atoms with Gasteiger partial charge < -0.3 is 0 Å². The van der Waals surface area contributed by atoms with E-state index in [4.69, 9.17) is 0 Å². The summed E-state index contributed by atoms with van der Waals surface area (Å²) in [5.41, 5.74) is 1.19. The molecule has 0 aliphatic carbocycles. The van der Waals surface area contributed by atoms with E-state index >= 15 is 0 Å². The van der Waals surface area contributed by atoms with Crippen LogP contribution in [0.25, 0.3) is 12.2 Å². The molecule has 0 atom stereocenters. The first kappa shape index (κ1) is 9.16. The van der Waals surface area contributed by atoms with Crippen molar-refractivity contribution in [3.8, 4) is 0 Å². The standard InChI is InChI=1S/C12H11NS/c1-10-2-4-12(14-10)5-3-11-6-8-13-9-7-11/h2-9H,1H3/b5-3+. The first-order valence-corrected chi connectivity index (χ1v) is 5.31. The Balaban J connectivity index is 2.15. The Morgan fingerprint density at radius 2 is 1.86 bits per heavy atom. The van der Waals surface area contributed by atoms with Gasteiger partial charge in [0.2, 0.25) is 0 Å². The lowest BCUT2D eigenvalue weighted by molar-refractivity contribution is 1.32. The SMILES string of the molecule is Cc1ccc(/C=C/c2ccncc2)s1. The smallest absolute Gasteiger partial charge is 0.0273 e. The average molecular weight is 201 g/mol. The molecule has 0 amide bonds. The highest BCUT2D eigenvalue weighted by Gasteiger charge is 1.90. The van der Waals surface area contributed by atoms with Gasteiger partial charge in [-0.3, -0.25) is 4.98 Å². The molecule has 2 aromatic rings. The van der Waals surface area contributed by atoms with Crippen LogP contribution in [0.3, 0.4) is 0 Å². The van der Waals surface area contributed by atoms with E-state index in [9.17, 15) is 0 Å². The molecule has 0 N–H and O–H groups in total. The van der Waals surface area contributed by atoms with E-state index in [-0.39, 0.29) is 0 Å². The molecule has 0 radical (unpaired) electrons. The first-order valence-electron chi connectivity index (χ1n) is 4.49. The van der Waals surface area contributed by atoms with Gasteiger partial charge in [-0.2, -0.15) is 0 Å². The van der Waals surface area contributed by atoms with Crippen LogP contribution < -0.4 is 0 Å². The van der Waals surface area contributed by atoms with Crippen LogP contribution >= 0.6 is 11.3 Å². The van der Waals surface area contributed by atoms with Gasteiger partial charge in [0.05, 0.1) is 0 Å². The fourth-order valence-corrected chi connectivity index (χ4v) is 1.98. The summed E-state index contributed by atoms with van der Waals surface area (Å²) < 4.78 is 0. The van der Waals surface area contributed by atoms with Crippen molar-refractivity contribution >= 4 is 23.5 Å². The third kappa shape index (κ3) is 2.30. The van der Waals surface area contributed by atoms with E-state index in [2.05, 4.69) is 36.2 Å². The minimum atomic E-state index is 1.19. The summed E-state index contributed by atoms with van der Waals surface area (Å²) in [6.07, 6.45) is 7.85. The summed E-state index contributed by atoms with van der Waals surface area (Å²) in [4.78, 5) is 6.61. The van der Waals surface area contributed by atoms with Crippen LogP contribution in [0.1, 0.15) is 15.3 Å². The zero-order chi connectivity index (χ0) is 9.80. The molecule has 70 valence electrons. The highest BCUT2D eigenvalue weighted by molar-refractivity contribution is 7.12. The highest BCUT2D eigenvalue weighted by Crippen LogP contribution is 2.17. The third-order valence-electron chi connectivity index (χ3n) is 1.91. The van der Waals surface area contributed by atoms with Gasteiger partial charge in [0, 0.05) is 22.1 Å². The van der Waals surface area contributed by atoms with Crippen LogP contribution in [0.15, 0.2) is 36.7 Å². The molecule has 2 aromatic heterocycles. The molecule has 1 nitrogen and oxygen atoms in total. The fourth-order valence-electron chi connectivity index (χ4n) is 1.20. The Morgan fingerprint density at radius 3 is 2.50 bits per heavy atom. The van der Waals surface area contributed by atoms with Crippen molar-refractivity contribution in [3.05, 3.63) is 52.0 Å². The molecule has 0 aliphatic heterocycles. The number of pyridine rings is 1. The lowest BCUT2D eigenvalue weighted by Crippen LogP contribution is -1.71. The molecule has 0 saturated heterocycles. The van der Waals surface area contributed by atoms with Crippen LogP contribution in [0.4, 0.5) is 0 Å². The van der Waals surface area contributed by atoms with Gasteiger partial charge in [-0.25, -0.2) is 0 Å². The molecule has 0 spiro atoms. The average Bonchev–Trinajstić information content (AvgIpc) is 2.63. The Morgan fingerprint density at radius 1 is 1.07 bits per heavy atom. The summed E-state index contributed by atoms with van der Waals surface area (Å²) >= 11 is 1.80. The second-order valence-electron chi connectivity index (χ2n) is 3.06. The summed E-state index contributed by atoms with van der Waals surface area (Å²) in [7, 11) is 0. The van der Waals surface area contributed by atoms with E-state index in [0.29, 0.717) is 0 Å². The summed E-state index contributed by atoms with van der Waals surface area (Å²) in [5.74, 6) is 0. The number of nitrogens with zero attached hydrogens (tertiary/aromatic N) is 1. The summed E-state index contributed by atoms with van der Waals surface area (Å²) in [6, 6.07) is 8.27. The third-order valence-corrected chi connectivity index (χ3v) is 2.87. The van der Waals surface area contributed by atoms with Crippen molar-refractivity contribution in [2.45, 2.75) is 6.92 Å². The number of aryl methyl sites for hydroxylation is 1. The monoisotopic (exact) mass is 201 g/mol. The minimum absolute atomic E-state index is 1.19. The minimum Gasteiger partial charge on any atom is -0.265 e. The van der Waals surface area contributed by atoms with E-state index < -0.39 is 0 Å². The highest BCUT2D eigenvalue weighted by atomic mass is 32.1. The van der Waals surface area contributed by atoms with Crippen molar-refractivity contribution < 1.29 is 0 Å². The zero-order valence-corrected chi connectivity index (χ0v) is 8.79. The van der Waals surface area contributed by atoms with Crippen molar-refractivity contribution in [1.82, 2.24) is 4.98 Å². The molecule has 0 unspecified atom stereocenters. The van der Waals surface area contributed by atoms with Crippen molar-refractivity contribution in [2.75, 3.05) is 0 Å². The van der Waals surface area contributed by atoms with Crippen LogP contribution in [0.2, 0.25) is 0 Å². The summed E-state index contributed by atoms with van der Waals surface area (Å²) in [6.45, 7) is 2.12. The number of thiophene rings is 1. The molecule has 2 rings (SSSR count). The molecule has 0 aliphatic rings. The van der Waals surface area contributed by atoms with Crippen molar-refractivity contribution in [2.24, 2.45) is 0 Å². The predicted molar refractivity (Wildman–Crippen MR) is 62.2 cm³/mol. The van der Waals surface area contributed by atoms with Gasteiger partial charge in [0.1, 0.15) is 0 Å². The Labute approximate surface area is 87.8 Å². The summed E-state index contributed by atoms with van der Waals surface area (Å²) in [5, 5.41) is 0. The molecule has 0 aromatic carbocycles. The number of hydrogen-bond acceptors (Lipinski definition) is 2. The predicted octanol–water partition coefficient (Wildman–Crippen LogP) is 3.62. The van der Waals surface area contributed by atoms with Crippen LogP contribution in [-0.4, -0.2) is 4.98 Å². The van der Waals surface area contributed by atoms with Gasteiger partial charge in [0.15, 0.2) is 0 Å². The first-order chi connectivity index (χ1) is 6.84. The van der Waals surface area contributed by atoms with Crippen LogP contribution in [-0.2, 0) is 0 Å². The molecule has 0 bridgehead atoms. The van der Waals surface area contributed by atoms with Gasteiger partial charge in [0.25, 0.3) is 0 Å². The van der Waals surface area contributed by atoms with E-state index in [1.165, 1.54) is 15.3 Å². The van der Waals surface area contributed by atoms with Gasteiger partial charge >= 0.3 is 0 Å². The Hall–Kier alpha value is -1.41. The molecule has 0 fully saturated rings. The number of aromatic nitrogens is 1. The molecule has 14 heavy (non-hydrogen) atoms. The van der Waals surface area contributed by atoms with Crippen LogP contribution in [0, 0.1) is 6.92 Å². The fraction of sp³-hybridized carbons (Fsp3) is 0.0833. The lowest BCUT2D eigenvalue weighted by Gasteiger charge is -1.89. The molecular formula is C12H11NS. The molecule has 0 saturated carbocycles. The lowest BCUT2D eigenvalue weighted by atomic mass is 10.2. The van der Waals surface area contributed by atoms with Crippen molar-refractivity contribution in [3.63, 3.8) is 0 Å². The quantitative estimate of drug-likeness (QED) is 0.723. The second kappa shape index (κ2) is 4.20. The second-order valence-corrected chi connectivity index (χ2v) is 4.38. The van der Waals surface area contributed by atoms with Gasteiger partial charge in [-0.15, -0.1) is 11.3 Å². The van der Waals surface area contributed by atoms with Crippen molar-refractivity contribution in [1.29, 1.82) is 0 Å². The molecular weight excluding hydrogens is 190 g/mol. The number of hydrogen-bond donors (Lipinski definition) is 0. The molecule has 2 heterocycles. The maximum Gasteiger partial charge on any atom is 0.0273 e. The maximum absolute atomic E-state index is 3.97. The zero-order valence-electron chi connectivity index (χ0n) is 7.97. The Kier molecular flexibility index (Phi) is 2.75. The van der Waals surface area contributed by atoms with Crippen LogP contribution in [0.5, 0.6) is 0 Å². The molecule has 2 heteroatoms. The van der Waals surface area contributed by atoms with Gasteiger partial charge in [-0.05, 0) is 42.8 Å². The Bertz CT molecular complexity index is 429. The van der Waals surface area contributed by atoms with E-state index in [0.717, 1.165) is 0 Å². The normalized spacial score (nSPS) is 10.9. The topological polar surface area (TPSA) is 12.9 Å². The number of rotatable bonds is 2. The van der Waals surface area contributed by atoms with E-state index in [1.54, 1.807) is 23.7 Å². The largest absolute Gasteiger partial charge is 0.265 e.